The van der Waals surface area contributed by atoms with Crippen molar-refractivity contribution in [2.24, 2.45) is 0 Å². The fourth-order valence-corrected chi connectivity index (χ4v) is 3.53. The van der Waals surface area contributed by atoms with Gasteiger partial charge in [0.25, 0.3) is 0 Å². The van der Waals surface area contributed by atoms with Crippen molar-refractivity contribution in [3.63, 3.8) is 0 Å². The zero-order chi connectivity index (χ0) is 20.4. The minimum atomic E-state index is -1.19. The number of hydrogen-bond acceptors (Lipinski definition) is 5. The Balaban J connectivity index is 1.82. The fraction of sp³-hybridized carbons (Fsp3) is 0.167. The standard InChI is InChI=1S/C24H21NO4/c1-3-28-22(26)17-7-6-8-19(15-17)25-24(18-13-11-16(2)12-14-18)21-10-5-4-9-20(21)23(27)29-24/h4-15,25H,3H2,1-2H3. The molecule has 5 nitrogen and oxygen atoms in total. The molecule has 3 aromatic rings. The van der Waals surface area contributed by atoms with Gasteiger partial charge in [0, 0.05) is 16.8 Å². The molecule has 1 aliphatic rings. The highest BCUT2D eigenvalue weighted by atomic mass is 16.6. The first-order valence-corrected chi connectivity index (χ1v) is 9.49. The predicted octanol–water partition coefficient (Wildman–Crippen LogP) is 4.66. The monoisotopic (exact) mass is 387 g/mol. The second-order valence-electron chi connectivity index (χ2n) is 6.91. The number of benzene rings is 3. The molecule has 0 aliphatic carbocycles. The van der Waals surface area contributed by atoms with Gasteiger partial charge in [-0.05, 0) is 38.1 Å². The zero-order valence-corrected chi connectivity index (χ0v) is 16.3. The van der Waals surface area contributed by atoms with Crippen molar-refractivity contribution in [1.82, 2.24) is 0 Å². The van der Waals surface area contributed by atoms with Gasteiger partial charge in [0.2, 0.25) is 5.72 Å². The number of rotatable bonds is 5. The van der Waals surface area contributed by atoms with Gasteiger partial charge in [-0.2, -0.15) is 0 Å². The molecule has 0 amide bonds. The van der Waals surface area contributed by atoms with Crippen molar-refractivity contribution in [3.05, 3.63) is 101 Å². The largest absolute Gasteiger partial charge is 0.462 e. The first-order valence-electron chi connectivity index (χ1n) is 9.49. The fourth-order valence-electron chi connectivity index (χ4n) is 3.53. The highest BCUT2D eigenvalue weighted by molar-refractivity contribution is 5.96. The van der Waals surface area contributed by atoms with Crippen molar-refractivity contribution in [3.8, 4) is 0 Å². The van der Waals surface area contributed by atoms with E-state index in [4.69, 9.17) is 9.47 Å². The van der Waals surface area contributed by atoms with Crippen LogP contribution in [-0.4, -0.2) is 18.5 Å². The predicted molar refractivity (Wildman–Crippen MR) is 110 cm³/mol. The van der Waals surface area contributed by atoms with E-state index in [0.717, 1.165) is 16.7 Å². The van der Waals surface area contributed by atoms with Gasteiger partial charge >= 0.3 is 11.9 Å². The first kappa shape index (κ1) is 18.7. The topological polar surface area (TPSA) is 64.6 Å². The Morgan fingerprint density at radius 2 is 1.79 bits per heavy atom. The van der Waals surface area contributed by atoms with Crippen LogP contribution in [0.15, 0.2) is 72.8 Å². The van der Waals surface area contributed by atoms with Crippen molar-refractivity contribution in [2.75, 3.05) is 11.9 Å². The molecule has 0 saturated carbocycles. The molecule has 0 saturated heterocycles. The Kier molecular flexibility index (Phi) is 4.80. The summed E-state index contributed by atoms with van der Waals surface area (Å²) in [5.74, 6) is -0.792. The van der Waals surface area contributed by atoms with Gasteiger partial charge in [-0.1, -0.05) is 54.1 Å². The quantitative estimate of drug-likeness (QED) is 0.646. The van der Waals surface area contributed by atoms with E-state index in [2.05, 4.69) is 5.32 Å². The van der Waals surface area contributed by atoms with Crippen LogP contribution in [0.1, 0.15) is 44.3 Å². The Hall–Kier alpha value is -3.60. The molecule has 1 atom stereocenters. The molecule has 0 fully saturated rings. The Morgan fingerprint density at radius 3 is 2.55 bits per heavy atom. The lowest BCUT2D eigenvalue weighted by Crippen LogP contribution is -2.37. The number of ether oxygens (including phenoxy) is 2. The van der Waals surface area contributed by atoms with Crippen LogP contribution < -0.4 is 5.32 Å². The lowest BCUT2D eigenvalue weighted by atomic mass is 9.92. The zero-order valence-electron chi connectivity index (χ0n) is 16.3. The van der Waals surface area contributed by atoms with Gasteiger partial charge < -0.3 is 14.8 Å². The molecule has 0 bridgehead atoms. The van der Waals surface area contributed by atoms with Gasteiger partial charge in [-0.25, -0.2) is 9.59 Å². The maximum atomic E-state index is 12.6. The average molecular weight is 387 g/mol. The summed E-state index contributed by atoms with van der Waals surface area (Å²) in [5.41, 5.74) is 3.02. The highest BCUT2D eigenvalue weighted by Gasteiger charge is 2.47. The third-order valence-corrected chi connectivity index (χ3v) is 4.92. The molecule has 1 N–H and O–H groups in total. The third kappa shape index (κ3) is 3.36. The van der Waals surface area contributed by atoms with E-state index < -0.39 is 17.7 Å². The van der Waals surface area contributed by atoms with Crippen LogP contribution in [0.2, 0.25) is 0 Å². The van der Waals surface area contributed by atoms with Crippen LogP contribution >= 0.6 is 0 Å². The molecule has 5 heteroatoms. The van der Waals surface area contributed by atoms with E-state index in [1.165, 1.54) is 0 Å². The SMILES string of the molecule is CCOC(=O)c1cccc(NC2(c3ccc(C)cc3)OC(=O)c3ccccc32)c1. The molecule has 1 unspecified atom stereocenters. The number of carbonyl (C=O) groups excluding carboxylic acids is 2. The summed E-state index contributed by atoms with van der Waals surface area (Å²) in [6, 6.07) is 22.1. The molecule has 1 aliphatic heterocycles. The number of aryl methyl sites for hydroxylation is 1. The molecular weight excluding hydrogens is 366 g/mol. The van der Waals surface area contributed by atoms with E-state index in [1.807, 2.05) is 55.5 Å². The lowest BCUT2D eigenvalue weighted by Gasteiger charge is -2.31. The number of nitrogens with one attached hydrogen (secondary N) is 1. The van der Waals surface area contributed by atoms with Crippen molar-refractivity contribution < 1.29 is 19.1 Å². The summed E-state index contributed by atoms with van der Waals surface area (Å²) >= 11 is 0. The summed E-state index contributed by atoms with van der Waals surface area (Å²) in [5, 5.41) is 3.36. The van der Waals surface area contributed by atoms with Crippen LogP contribution in [0.5, 0.6) is 0 Å². The van der Waals surface area contributed by atoms with Crippen LogP contribution in [0.4, 0.5) is 5.69 Å². The summed E-state index contributed by atoms with van der Waals surface area (Å²) in [7, 11) is 0. The number of carbonyl (C=O) groups is 2. The van der Waals surface area contributed by atoms with Crippen LogP contribution in [0.25, 0.3) is 0 Å². The first-order chi connectivity index (χ1) is 14.0. The van der Waals surface area contributed by atoms with E-state index >= 15 is 0 Å². The van der Waals surface area contributed by atoms with Crippen LogP contribution in [0, 0.1) is 6.92 Å². The second-order valence-corrected chi connectivity index (χ2v) is 6.91. The maximum absolute atomic E-state index is 12.6. The Bertz CT molecular complexity index is 1070. The molecule has 3 aromatic carbocycles. The molecule has 0 radical (unpaired) electrons. The second kappa shape index (κ2) is 7.43. The normalized spacial score (nSPS) is 17.4. The van der Waals surface area contributed by atoms with Crippen LogP contribution in [-0.2, 0) is 15.2 Å². The molecule has 146 valence electrons. The van der Waals surface area contributed by atoms with Crippen LogP contribution in [0.3, 0.4) is 0 Å². The van der Waals surface area contributed by atoms with Crippen molar-refractivity contribution >= 4 is 17.6 Å². The number of fused-ring (bicyclic) bond motifs is 1. The minimum Gasteiger partial charge on any atom is -0.462 e. The Labute approximate surface area is 169 Å². The molecule has 1 heterocycles. The number of hydrogen-bond donors (Lipinski definition) is 1. The summed E-state index contributed by atoms with van der Waals surface area (Å²) in [6.07, 6.45) is 0. The van der Waals surface area contributed by atoms with Gasteiger partial charge in [-0.3, -0.25) is 0 Å². The number of cyclic esters (lactones) is 1. The molecular formula is C24H21NO4. The molecule has 0 spiro atoms. The van der Waals surface area contributed by atoms with Gasteiger partial charge in [0.15, 0.2) is 0 Å². The van der Waals surface area contributed by atoms with Crippen molar-refractivity contribution in [2.45, 2.75) is 19.6 Å². The average Bonchev–Trinajstić information content (AvgIpc) is 3.02. The molecule has 4 rings (SSSR count). The molecule has 0 aromatic heterocycles. The number of anilines is 1. The summed E-state index contributed by atoms with van der Waals surface area (Å²) < 4.78 is 11.0. The van der Waals surface area contributed by atoms with E-state index in [-0.39, 0.29) is 0 Å². The highest BCUT2D eigenvalue weighted by Crippen LogP contribution is 2.42. The Morgan fingerprint density at radius 1 is 1.03 bits per heavy atom. The van der Waals surface area contributed by atoms with E-state index in [9.17, 15) is 9.59 Å². The number of esters is 2. The lowest BCUT2D eigenvalue weighted by molar-refractivity contribution is 0.0212. The molecule has 29 heavy (non-hydrogen) atoms. The van der Waals surface area contributed by atoms with Crippen molar-refractivity contribution in [1.29, 1.82) is 0 Å². The summed E-state index contributed by atoms with van der Waals surface area (Å²) in [4.78, 5) is 24.8. The van der Waals surface area contributed by atoms with E-state index in [0.29, 0.717) is 23.4 Å². The smallest absolute Gasteiger partial charge is 0.341 e. The minimum absolute atomic E-state index is 0.300. The van der Waals surface area contributed by atoms with Gasteiger partial charge in [0.1, 0.15) is 0 Å². The van der Waals surface area contributed by atoms with E-state index in [1.54, 1.807) is 31.2 Å². The maximum Gasteiger partial charge on any atom is 0.341 e. The van der Waals surface area contributed by atoms with Gasteiger partial charge in [-0.15, -0.1) is 0 Å². The third-order valence-electron chi connectivity index (χ3n) is 4.92. The van der Waals surface area contributed by atoms with Gasteiger partial charge in [0.05, 0.1) is 17.7 Å². The summed E-state index contributed by atoms with van der Waals surface area (Å²) in [6.45, 7) is 4.07.